The molecule has 0 amide bonds. The third-order valence-electron chi connectivity index (χ3n) is 2.65. The average Bonchev–Trinajstić information content (AvgIpc) is 2.47. The van der Waals surface area contributed by atoms with Crippen molar-refractivity contribution in [2.45, 2.75) is 4.90 Å². The van der Waals surface area contributed by atoms with Gasteiger partial charge in [0, 0.05) is 9.50 Å². The number of hydrogen-bond acceptors (Lipinski definition) is 4. The van der Waals surface area contributed by atoms with Crippen LogP contribution in [0.3, 0.4) is 0 Å². The zero-order valence-electron chi connectivity index (χ0n) is 11.5. The minimum absolute atomic E-state index is 0.0751. The number of nitrogens with zero attached hydrogens (tertiary/aromatic N) is 1. The van der Waals surface area contributed by atoms with Crippen LogP contribution in [0.1, 0.15) is 5.56 Å². The zero-order chi connectivity index (χ0) is 16.2. The summed E-state index contributed by atoms with van der Waals surface area (Å²) in [6, 6.07) is 11.6. The lowest BCUT2D eigenvalue weighted by molar-refractivity contribution is 0.402. The third kappa shape index (κ3) is 4.22. The molecule has 0 heterocycles. The Labute approximate surface area is 142 Å². The normalized spacial score (nSPS) is 11.6. The molecule has 0 radical (unpaired) electrons. The van der Waals surface area contributed by atoms with E-state index in [-0.39, 0.29) is 15.7 Å². The highest BCUT2D eigenvalue weighted by molar-refractivity contribution is 9.10. The number of hydrazone groups is 1. The van der Waals surface area contributed by atoms with E-state index >= 15 is 0 Å². The van der Waals surface area contributed by atoms with Gasteiger partial charge in [0.1, 0.15) is 10.6 Å². The van der Waals surface area contributed by atoms with Crippen molar-refractivity contribution in [1.82, 2.24) is 4.83 Å². The van der Waals surface area contributed by atoms with E-state index in [0.29, 0.717) is 0 Å². The van der Waals surface area contributed by atoms with Gasteiger partial charge in [-0.15, -0.1) is 0 Å². The molecule has 0 saturated heterocycles. The number of methoxy groups -OCH3 is 1. The number of ether oxygens (including phenoxy) is 1. The second-order valence-electron chi connectivity index (χ2n) is 4.20. The van der Waals surface area contributed by atoms with Crippen LogP contribution in [0.25, 0.3) is 0 Å². The molecule has 5 nitrogen and oxygen atoms in total. The van der Waals surface area contributed by atoms with Crippen molar-refractivity contribution < 1.29 is 13.2 Å². The molecule has 0 saturated carbocycles. The third-order valence-corrected chi connectivity index (χ3v) is 4.62. The lowest BCUT2D eigenvalue weighted by Crippen LogP contribution is -2.19. The maximum Gasteiger partial charge on any atom is 0.280 e. The van der Waals surface area contributed by atoms with E-state index in [9.17, 15) is 8.42 Å². The fourth-order valence-corrected chi connectivity index (χ4v) is 3.31. The molecule has 2 rings (SSSR count). The molecule has 8 heteroatoms. The zero-order valence-corrected chi connectivity index (χ0v) is 14.6. The molecule has 0 fully saturated rings. The van der Waals surface area contributed by atoms with Crippen LogP contribution in [0.15, 0.2) is 56.9 Å². The topological polar surface area (TPSA) is 67.8 Å². The van der Waals surface area contributed by atoms with Crippen LogP contribution in [0, 0.1) is 0 Å². The maximum absolute atomic E-state index is 12.2. The summed E-state index contributed by atoms with van der Waals surface area (Å²) in [6.07, 6.45) is 1.40. The molecule has 2 aromatic carbocycles. The first-order chi connectivity index (χ1) is 10.4. The summed E-state index contributed by atoms with van der Waals surface area (Å²) in [7, 11) is -2.49. The lowest BCUT2D eigenvalue weighted by atomic mass is 10.2. The van der Waals surface area contributed by atoms with E-state index in [0.717, 1.165) is 10.0 Å². The van der Waals surface area contributed by atoms with Crippen LogP contribution in [0.2, 0.25) is 5.02 Å². The number of rotatable bonds is 5. The molecule has 2 aromatic rings. The lowest BCUT2D eigenvalue weighted by Gasteiger charge is -2.09. The van der Waals surface area contributed by atoms with E-state index in [1.54, 1.807) is 18.2 Å². The second-order valence-corrected chi connectivity index (χ2v) is 7.18. The standard InChI is InChI=1S/C14H12BrClN2O3S/c1-21-13-6-5-12(16)8-14(13)22(19,20)18-17-9-10-3-2-4-11(15)7-10/h2-9,18H,1H3/b17-9+. The fraction of sp³-hybridized carbons (Fsp3) is 0.0714. The SMILES string of the molecule is COc1ccc(Cl)cc1S(=O)(=O)N/N=C/c1cccc(Br)c1. The largest absolute Gasteiger partial charge is 0.495 e. The number of sulfonamides is 1. The molecule has 0 spiro atoms. The maximum atomic E-state index is 12.2. The Kier molecular flexibility index (Phi) is 5.44. The summed E-state index contributed by atoms with van der Waals surface area (Å²) >= 11 is 9.16. The Hall–Kier alpha value is -1.57. The quantitative estimate of drug-likeness (QED) is 0.614. The molecule has 1 N–H and O–H groups in total. The first-order valence-electron chi connectivity index (χ1n) is 6.06. The van der Waals surface area contributed by atoms with Crippen LogP contribution < -0.4 is 9.57 Å². The van der Waals surface area contributed by atoms with E-state index in [1.165, 1.54) is 25.5 Å². The van der Waals surface area contributed by atoms with Crippen molar-refractivity contribution in [3.05, 3.63) is 57.5 Å². The van der Waals surface area contributed by atoms with Crippen LogP contribution >= 0.6 is 27.5 Å². The predicted octanol–water partition coefficient (Wildman–Crippen LogP) is 3.42. The Morgan fingerprint density at radius 3 is 2.73 bits per heavy atom. The number of halogens is 2. The van der Waals surface area contributed by atoms with Crippen molar-refractivity contribution in [2.24, 2.45) is 5.10 Å². The van der Waals surface area contributed by atoms with Gasteiger partial charge in [0.2, 0.25) is 0 Å². The summed E-state index contributed by atoms with van der Waals surface area (Å²) < 4.78 is 30.4. The number of benzene rings is 2. The molecular formula is C14H12BrClN2O3S. The van der Waals surface area contributed by atoms with Gasteiger partial charge in [-0.25, -0.2) is 0 Å². The van der Waals surface area contributed by atoms with E-state index in [4.69, 9.17) is 16.3 Å². The molecule has 0 aliphatic rings. The fourth-order valence-electron chi connectivity index (χ4n) is 1.67. The van der Waals surface area contributed by atoms with Crippen molar-refractivity contribution >= 4 is 43.8 Å². The smallest absolute Gasteiger partial charge is 0.280 e. The molecule has 22 heavy (non-hydrogen) atoms. The summed E-state index contributed by atoms with van der Waals surface area (Å²) in [6.45, 7) is 0. The van der Waals surface area contributed by atoms with Gasteiger partial charge in [-0.2, -0.15) is 18.4 Å². The van der Waals surface area contributed by atoms with Gasteiger partial charge in [0.25, 0.3) is 10.0 Å². The minimum atomic E-state index is -3.87. The van der Waals surface area contributed by atoms with Gasteiger partial charge in [0.15, 0.2) is 0 Å². The van der Waals surface area contributed by atoms with Crippen molar-refractivity contribution in [1.29, 1.82) is 0 Å². The summed E-state index contributed by atoms with van der Waals surface area (Å²) in [5.74, 6) is 0.189. The second kappa shape index (κ2) is 7.13. The van der Waals surface area contributed by atoms with Gasteiger partial charge in [-0.1, -0.05) is 39.7 Å². The van der Waals surface area contributed by atoms with Crippen LogP contribution in [-0.2, 0) is 10.0 Å². The van der Waals surface area contributed by atoms with Crippen LogP contribution in [0.4, 0.5) is 0 Å². The van der Waals surface area contributed by atoms with Gasteiger partial charge in [-0.3, -0.25) is 0 Å². The highest BCUT2D eigenvalue weighted by Gasteiger charge is 2.19. The van der Waals surface area contributed by atoms with Gasteiger partial charge in [-0.05, 0) is 35.9 Å². The number of hydrogen-bond donors (Lipinski definition) is 1. The van der Waals surface area contributed by atoms with Crippen molar-refractivity contribution in [2.75, 3.05) is 7.11 Å². The van der Waals surface area contributed by atoms with E-state index in [2.05, 4.69) is 25.9 Å². The molecule has 116 valence electrons. The van der Waals surface area contributed by atoms with Crippen LogP contribution in [-0.4, -0.2) is 21.7 Å². The van der Waals surface area contributed by atoms with Crippen molar-refractivity contribution in [3.8, 4) is 5.75 Å². The minimum Gasteiger partial charge on any atom is -0.495 e. The van der Waals surface area contributed by atoms with Gasteiger partial charge in [0.05, 0.1) is 13.3 Å². The highest BCUT2D eigenvalue weighted by atomic mass is 79.9. The molecule has 0 atom stereocenters. The summed E-state index contributed by atoms with van der Waals surface area (Å²) in [4.78, 5) is 2.06. The van der Waals surface area contributed by atoms with Crippen LogP contribution in [0.5, 0.6) is 5.75 Å². The van der Waals surface area contributed by atoms with E-state index < -0.39 is 10.0 Å². The molecule has 0 aromatic heterocycles. The van der Waals surface area contributed by atoms with Crippen molar-refractivity contribution in [3.63, 3.8) is 0 Å². The average molecular weight is 404 g/mol. The molecule has 0 unspecified atom stereocenters. The van der Waals surface area contributed by atoms with E-state index in [1.807, 2.05) is 12.1 Å². The molecule has 0 aliphatic heterocycles. The Bertz CT molecular complexity index is 809. The molecule has 0 bridgehead atoms. The highest BCUT2D eigenvalue weighted by Crippen LogP contribution is 2.26. The molecule has 0 aliphatic carbocycles. The Morgan fingerprint density at radius 2 is 2.05 bits per heavy atom. The Morgan fingerprint density at radius 1 is 1.27 bits per heavy atom. The predicted molar refractivity (Wildman–Crippen MR) is 90.1 cm³/mol. The first kappa shape index (κ1) is 16.8. The van der Waals surface area contributed by atoms with Gasteiger partial charge >= 0.3 is 0 Å². The van der Waals surface area contributed by atoms with Gasteiger partial charge < -0.3 is 4.74 Å². The summed E-state index contributed by atoms with van der Waals surface area (Å²) in [5, 5.41) is 4.04. The molecular weight excluding hydrogens is 392 g/mol. The number of nitrogens with one attached hydrogen (secondary N) is 1. The Balaban J connectivity index is 2.23. The summed E-state index contributed by atoms with van der Waals surface area (Å²) in [5.41, 5.74) is 0.745. The monoisotopic (exact) mass is 402 g/mol. The first-order valence-corrected chi connectivity index (χ1v) is 8.72.